The number of likely N-dealkylation sites (N-methyl/N-ethyl adjacent to an activating group) is 1. The van der Waals surface area contributed by atoms with E-state index in [1.54, 1.807) is 0 Å². The number of alkyl halides is 3. The maximum atomic E-state index is 12.3. The summed E-state index contributed by atoms with van der Waals surface area (Å²) >= 11 is 0.890. The number of hydrogen-bond acceptors (Lipinski definition) is 4. The summed E-state index contributed by atoms with van der Waals surface area (Å²) in [6, 6.07) is 0. The number of amides is 2. The van der Waals surface area contributed by atoms with Crippen LogP contribution in [0.2, 0.25) is 0 Å². The molecular formula is C12H14F3N3O2S. The lowest BCUT2D eigenvalue weighted by Gasteiger charge is -2.14. The van der Waals surface area contributed by atoms with E-state index in [1.807, 2.05) is 0 Å². The molecule has 1 aromatic heterocycles. The van der Waals surface area contributed by atoms with Gasteiger partial charge in [0.15, 0.2) is 5.69 Å². The molecule has 9 heteroatoms. The summed E-state index contributed by atoms with van der Waals surface area (Å²) in [5.74, 6) is -0.791. The summed E-state index contributed by atoms with van der Waals surface area (Å²) in [6.07, 6.45) is -3.17. The highest BCUT2D eigenvalue weighted by atomic mass is 32.1. The Morgan fingerprint density at radius 2 is 2.19 bits per heavy atom. The Morgan fingerprint density at radius 3 is 2.71 bits per heavy atom. The van der Waals surface area contributed by atoms with E-state index in [0.29, 0.717) is 0 Å². The van der Waals surface area contributed by atoms with Gasteiger partial charge in [0.05, 0.1) is 11.6 Å². The Labute approximate surface area is 123 Å². The van der Waals surface area contributed by atoms with Crippen LogP contribution in [0.25, 0.3) is 0 Å². The Kier molecular flexibility index (Phi) is 5.89. The summed E-state index contributed by atoms with van der Waals surface area (Å²) < 4.78 is 37.0. The maximum Gasteiger partial charge on any atom is 0.434 e. The van der Waals surface area contributed by atoms with Crippen LogP contribution in [-0.2, 0) is 22.2 Å². The molecule has 0 aromatic carbocycles. The molecule has 1 heterocycles. The molecule has 21 heavy (non-hydrogen) atoms. The van der Waals surface area contributed by atoms with E-state index < -0.39 is 17.8 Å². The predicted octanol–water partition coefficient (Wildman–Crippen LogP) is 1.47. The average molecular weight is 321 g/mol. The van der Waals surface area contributed by atoms with Gasteiger partial charge < -0.3 is 10.2 Å². The Morgan fingerprint density at radius 1 is 1.52 bits per heavy atom. The molecule has 0 spiro atoms. The first-order chi connectivity index (χ1) is 9.74. The van der Waals surface area contributed by atoms with E-state index in [-0.39, 0.29) is 30.4 Å². The second kappa shape index (κ2) is 7.21. The van der Waals surface area contributed by atoms with Gasteiger partial charge in [-0.3, -0.25) is 9.59 Å². The molecule has 1 N–H and O–H groups in total. The topological polar surface area (TPSA) is 62.3 Å². The van der Waals surface area contributed by atoms with Crippen molar-refractivity contribution in [2.24, 2.45) is 0 Å². The zero-order valence-corrected chi connectivity index (χ0v) is 12.1. The highest BCUT2D eigenvalue weighted by Gasteiger charge is 2.33. The van der Waals surface area contributed by atoms with Crippen molar-refractivity contribution in [1.29, 1.82) is 0 Å². The van der Waals surface area contributed by atoms with Gasteiger partial charge in [0.2, 0.25) is 11.8 Å². The van der Waals surface area contributed by atoms with Gasteiger partial charge in [-0.05, 0) is 6.08 Å². The fraction of sp³-hybridized carbons (Fsp3) is 0.417. The standard InChI is InChI=1S/C12H14F3N3O2S/c1-3-11(20)18(2)6-9(19)16-5-4-10-17-8(7-21-10)12(13,14)15/h3,7H,1,4-6H2,2H3,(H,16,19). The van der Waals surface area contributed by atoms with Crippen molar-refractivity contribution in [3.8, 4) is 0 Å². The molecule has 0 atom stereocenters. The number of aromatic nitrogens is 1. The third-order valence-electron chi connectivity index (χ3n) is 2.43. The zero-order valence-electron chi connectivity index (χ0n) is 11.2. The molecule has 0 aliphatic rings. The van der Waals surface area contributed by atoms with Crippen molar-refractivity contribution in [1.82, 2.24) is 15.2 Å². The Balaban J connectivity index is 2.37. The van der Waals surface area contributed by atoms with E-state index in [2.05, 4.69) is 16.9 Å². The normalized spacial score (nSPS) is 11.0. The number of halogens is 3. The van der Waals surface area contributed by atoms with Crippen molar-refractivity contribution in [2.75, 3.05) is 20.1 Å². The number of carbonyl (C=O) groups excluding carboxylic acids is 2. The van der Waals surface area contributed by atoms with E-state index in [0.717, 1.165) is 22.8 Å². The van der Waals surface area contributed by atoms with E-state index >= 15 is 0 Å². The van der Waals surface area contributed by atoms with Crippen LogP contribution in [0.15, 0.2) is 18.0 Å². The SMILES string of the molecule is C=CC(=O)N(C)CC(=O)NCCc1nc(C(F)(F)F)cs1. The molecular weight excluding hydrogens is 307 g/mol. The van der Waals surface area contributed by atoms with Gasteiger partial charge in [-0.25, -0.2) is 4.98 Å². The molecule has 0 fully saturated rings. The summed E-state index contributed by atoms with van der Waals surface area (Å²) in [5.41, 5.74) is -0.926. The first-order valence-corrected chi connectivity index (χ1v) is 6.78. The van der Waals surface area contributed by atoms with Crippen molar-refractivity contribution in [3.05, 3.63) is 28.7 Å². The number of nitrogens with one attached hydrogen (secondary N) is 1. The molecule has 0 bridgehead atoms. The fourth-order valence-corrected chi connectivity index (χ4v) is 2.17. The Hall–Kier alpha value is -1.90. The minimum Gasteiger partial charge on any atom is -0.354 e. The average Bonchev–Trinajstić information content (AvgIpc) is 2.86. The van der Waals surface area contributed by atoms with Crippen LogP contribution in [0, 0.1) is 0 Å². The number of carbonyl (C=O) groups is 2. The highest BCUT2D eigenvalue weighted by Crippen LogP contribution is 2.29. The molecule has 0 unspecified atom stereocenters. The maximum absolute atomic E-state index is 12.3. The zero-order chi connectivity index (χ0) is 16.0. The summed E-state index contributed by atoms with van der Waals surface area (Å²) in [4.78, 5) is 27.3. The third-order valence-corrected chi connectivity index (χ3v) is 3.34. The molecule has 0 saturated heterocycles. The van der Waals surface area contributed by atoms with Crippen molar-refractivity contribution >= 4 is 23.2 Å². The van der Waals surface area contributed by atoms with Gasteiger partial charge in [0.25, 0.3) is 0 Å². The second-order valence-electron chi connectivity index (χ2n) is 4.12. The van der Waals surface area contributed by atoms with E-state index in [9.17, 15) is 22.8 Å². The summed E-state index contributed by atoms with van der Waals surface area (Å²) in [5, 5.41) is 3.74. The quantitative estimate of drug-likeness (QED) is 0.807. The molecule has 5 nitrogen and oxygen atoms in total. The molecule has 2 amide bonds. The Bertz CT molecular complexity index is 528. The second-order valence-corrected chi connectivity index (χ2v) is 5.07. The lowest BCUT2D eigenvalue weighted by molar-refractivity contribution is -0.140. The largest absolute Gasteiger partial charge is 0.434 e. The number of thiazole rings is 1. The smallest absolute Gasteiger partial charge is 0.354 e. The van der Waals surface area contributed by atoms with Gasteiger partial charge in [-0.2, -0.15) is 13.2 Å². The van der Waals surface area contributed by atoms with E-state index in [4.69, 9.17) is 0 Å². The van der Waals surface area contributed by atoms with Crippen LogP contribution in [-0.4, -0.2) is 41.8 Å². The number of nitrogens with zero attached hydrogens (tertiary/aromatic N) is 2. The van der Waals surface area contributed by atoms with Crippen molar-refractivity contribution in [3.63, 3.8) is 0 Å². The molecule has 0 aliphatic carbocycles. The van der Waals surface area contributed by atoms with Crippen LogP contribution in [0.4, 0.5) is 13.2 Å². The minimum atomic E-state index is -4.45. The van der Waals surface area contributed by atoms with Gasteiger partial charge in [0, 0.05) is 25.4 Å². The van der Waals surface area contributed by atoms with Crippen molar-refractivity contribution < 1.29 is 22.8 Å². The number of hydrogen-bond donors (Lipinski definition) is 1. The monoisotopic (exact) mass is 321 g/mol. The van der Waals surface area contributed by atoms with Gasteiger partial charge >= 0.3 is 6.18 Å². The van der Waals surface area contributed by atoms with Crippen LogP contribution in [0.5, 0.6) is 0 Å². The highest BCUT2D eigenvalue weighted by molar-refractivity contribution is 7.09. The van der Waals surface area contributed by atoms with Gasteiger partial charge in [-0.15, -0.1) is 11.3 Å². The lowest BCUT2D eigenvalue weighted by atomic mass is 10.4. The molecule has 0 aliphatic heterocycles. The van der Waals surface area contributed by atoms with Gasteiger partial charge in [0.1, 0.15) is 0 Å². The first-order valence-electron chi connectivity index (χ1n) is 5.90. The van der Waals surface area contributed by atoms with E-state index in [1.165, 1.54) is 11.9 Å². The fourth-order valence-electron chi connectivity index (χ4n) is 1.37. The lowest BCUT2D eigenvalue weighted by Crippen LogP contribution is -2.38. The number of rotatable bonds is 6. The summed E-state index contributed by atoms with van der Waals surface area (Å²) in [6.45, 7) is 3.30. The molecule has 1 aromatic rings. The van der Waals surface area contributed by atoms with Crippen LogP contribution >= 0.6 is 11.3 Å². The van der Waals surface area contributed by atoms with Crippen LogP contribution in [0.1, 0.15) is 10.7 Å². The minimum absolute atomic E-state index is 0.142. The summed E-state index contributed by atoms with van der Waals surface area (Å²) in [7, 11) is 1.44. The molecule has 0 saturated carbocycles. The van der Waals surface area contributed by atoms with Crippen LogP contribution in [0.3, 0.4) is 0 Å². The van der Waals surface area contributed by atoms with Crippen molar-refractivity contribution in [2.45, 2.75) is 12.6 Å². The first kappa shape index (κ1) is 17.2. The molecule has 0 radical (unpaired) electrons. The van der Waals surface area contributed by atoms with Crippen LogP contribution < -0.4 is 5.32 Å². The third kappa shape index (κ3) is 5.54. The molecule has 1 rings (SSSR count). The van der Waals surface area contributed by atoms with Gasteiger partial charge in [-0.1, -0.05) is 6.58 Å². The molecule has 116 valence electrons. The predicted molar refractivity (Wildman–Crippen MR) is 71.7 cm³/mol.